The molecule has 8 heteroatoms. The molecule has 0 radical (unpaired) electrons. The van der Waals surface area contributed by atoms with Crippen LogP contribution in [-0.4, -0.2) is 33.4 Å². The lowest BCUT2D eigenvalue weighted by atomic mass is 10.1. The maximum Gasteiger partial charge on any atom is 0.276 e. The third-order valence-electron chi connectivity index (χ3n) is 5.45. The van der Waals surface area contributed by atoms with Crippen molar-refractivity contribution in [3.63, 3.8) is 0 Å². The Hall–Kier alpha value is -2.80. The minimum Gasteiger partial charge on any atom is -0.496 e. The normalized spacial score (nSPS) is 14.7. The average molecular weight is 429 g/mol. The Balaban J connectivity index is 1.46. The lowest BCUT2D eigenvalue weighted by Gasteiger charge is -2.16. The van der Waals surface area contributed by atoms with Gasteiger partial charge in [-0.1, -0.05) is 17.7 Å². The Morgan fingerprint density at radius 2 is 2.17 bits per heavy atom. The molecule has 7 nitrogen and oxygen atoms in total. The summed E-state index contributed by atoms with van der Waals surface area (Å²) >= 11 is 6.01. The third kappa shape index (κ3) is 4.07. The van der Waals surface area contributed by atoms with Crippen LogP contribution in [0.2, 0.25) is 5.02 Å². The van der Waals surface area contributed by atoms with Crippen LogP contribution in [0.3, 0.4) is 0 Å². The number of methoxy groups -OCH3 is 1. The highest BCUT2D eigenvalue weighted by atomic mass is 35.5. The number of aromatic nitrogens is 3. The van der Waals surface area contributed by atoms with E-state index in [1.54, 1.807) is 25.4 Å². The topological polar surface area (TPSA) is 78.2 Å². The van der Waals surface area contributed by atoms with Crippen LogP contribution in [0.15, 0.2) is 35.4 Å². The molecule has 2 aromatic heterocycles. The number of rotatable bonds is 7. The summed E-state index contributed by atoms with van der Waals surface area (Å²) in [7, 11) is 1.59. The van der Waals surface area contributed by atoms with Gasteiger partial charge < -0.3 is 14.6 Å². The molecule has 0 aliphatic heterocycles. The predicted molar refractivity (Wildman–Crippen MR) is 116 cm³/mol. The lowest BCUT2D eigenvalue weighted by molar-refractivity contribution is -0.122. The molecule has 0 unspecified atom stereocenters. The zero-order valence-corrected chi connectivity index (χ0v) is 18.1. The van der Waals surface area contributed by atoms with E-state index < -0.39 is 0 Å². The molecule has 0 bridgehead atoms. The van der Waals surface area contributed by atoms with E-state index >= 15 is 0 Å². The number of carbonyl (C=O) groups is 1. The van der Waals surface area contributed by atoms with Crippen molar-refractivity contribution in [2.75, 3.05) is 7.11 Å². The van der Waals surface area contributed by atoms with Crippen molar-refractivity contribution in [1.82, 2.24) is 19.7 Å². The second kappa shape index (κ2) is 8.14. The summed E-state index contributed by atoms with van der Waals surface area (Å²) in [6.07, 6.45) is 6.54. The summed E-state index contributed by atoms with van der Waals surface area (Å²) in [5, 5.41) is 8.42. The van der Waals surface area contributed by atoms with Gasteiger partial charge in [0.2, 0.25) is 5.91 Å². The van der Waals surface area contributed by atoms with Crippen LogP contribution in [0.5, 0.6) is 5.75 Å². The maximum atomic E-state index is 12.9. The predicted octanol–water partition coefficient (Wildman–Crippen LogP) is 3.25. The highest BCUT2D eigenvalue weighted by Crippen LogP contribution is 2.37. The molecule has 0 spiro atoms. The van der Waals surface area contributed by atoms with Crippen LogP contribution in [0, 0.1) is 6.92 Å². The monoisotopic (exact) mass is 428 g/mol. The molecule has 1 aromatic carbocycles. The van der Waals surface area contributed by atoms with Crippen LogP contribution in [0.4, 0.5) is 0 Å². The number of benzene rings is 1. The molecular formula is C22H25ClN4O3. The van der Waals surface area contributed by atoms with Crippen LogP contribution < -0.4 is 15.6 Å². The first kappa shape index (κ1) is 20.5. The molecule has 1 saturated carbocycles. The van der Waals surface area contributed by atoms with E-state index in [9.17, 15) is 9.59 Å². The van der Waals surface area contributed by atoms with Crippen molar-refractivity contribution in [2.45, 2.75) is 51.7 Å². The zero-order valence-electron chi connectivity index (χ0n) is 17.3. The fourth-order valence-electron chi connectivity index (χ4n) is 3.88. The smallest absolute Gasteiger partial charge is 0.276 e. The Morgan fingerprint density at radius 3 is 2.87 bits per heavy atom. The number of ether oxygens (including phenoxy) is 1. The maximum absolute atomic E-state index is 12.9. The fraction of sp³-hybridized carbons (Fsp3) is 0.409. The molecule has 158 valence electrons. The Kier molecular flexibility index (Phi) is 5.56. The van der Waals surface area contributed by atoms with E-state index in [1.807, 2.05) is 26.1 Å². The van der Waals surface area contributed by atoms with Gasteiger partial charge in [0.1, 0.15) is 12.3 Å². The highest BCUT2D eigenvalue weighted by Gasteiger charge is 2.26. The first-order valence-corrected chi connectivity index (χ1v) is 10.4. The van der Waals surface area contributed by atoms with Gasteiger partial charge >= 0.3 is 0 Å². The highest BCUT2D eigenvalue weighted by molar-refractivity contribution is 6.30. The molecule has 0 saturated heterocycles. The Morgan fingerprint density at radius 1 is 1.40 bits per heavy atom. The summed E-state index contributed by atoms with van der Waals surface area (Å²) in [4.78, 5) is 25.5. The minimum absolute atomic E-state index is 0.120. The first-order valence-electron chi connectivity index (χ1n) is 10.1. The van der Waals surface area contributed by atoms with Crippen molar-refractivity contribution < 1.29 is 9.53 Å². The Labute approximate surface area is 179 Å². The molecule has 1 fully saturated rings. The van der Waals surface area contributed by atoms with E-state index in [0.29, 0.717) is 28.6 Å². The van der Waals surface area contributed by atoms with Gasteiger partial charge in [-0.05, 0) is 56.4 Å². The summed E-state index contributed by atoms with van der Waals surface area (Å²) in [5.41, 5.74) is 2.48. The lowest BCUT2D eigenvalue weighted by Crippen LogP contribution is -2.39. The van der Waals surface area contributed by atoms with Crippen LogP contribution >= 0.6 is 11.6 Å². The van der Waals surface area contributed by atoms with E-state index in [0.717, 1.165) is 29.5 Å². The molecular weight excluding hydrogens is 404 g/mol. The van der Waals surface area contributed by atoms with Crippen molar-refractivity contribution in [2.24, 2.45) is 0 Å². The van der Waals surface area contributed by atoms with Gasteiger partial charge in [-0.15, -0.1) is 0 Å². The largest absolute Gasteiger partial charge is 0.496 e. The number of aryl methyl sites for hydroxylation is 1. The van der Waals surface area contributed by atoms with Crippen molar-refractivity contribution in [3.8, 4) is 5.75 Å². The summed E-state index contributed by atoms with van der Waals surface area (Å²) in [5.74, 6) is 0.422. The molecule has 1 atom stereocenters. The van der Waals surface area contributed by atoms with Crippen molar-refractivity contribution in [1.29, 1.82) is 0 Å². The fourth-order valence-corrected chi connectivity index (χ4v) is 4.04. The summed E-state index contributed by atoms with van der Waals surface area (Å²) < 4.78 is 8.73. The van der Waals surface area contributed by atoms with Gasteiger partial charge in [0, 0.05) is 23.3 Å². The van der Waals surface area contributed by atoms with E-state index in [-0.39, 0.29) is 24.1 Å². The molecule has 1 amide bonds. The van der Waals surface area contributed by atoms with Gasteiger partial charge in [0.05, 0.1) is 24.2 Å². The van der Waals surface area contributed by atoms with Crippen LogP contribution in [0.1, 0.15) is 36.9 Å². The van der Waals surface area contributed by atoms with Gasteiger partial charge in [-0.3, -0.25) is 9.59 Å². The Bertz CT molecular complexity index is 1160. The van der Waals surface area contributed by atoms with Gasteiger partial charge in [-0.25, -0.2) is 4.68 Å². The zero-order chi connectivity index (χ0) is 21.4. The molecule has 4 rings (SSSR count). The molecule has 30 heavy (non-hydrogen) atoms. The number of nitrogens with one attached hydrogen (secondary N) is 1. The third-order valence-corrected chi connectivity index (χ3v) is 5.68. The van der Waals surface area contributed by atoms with E-state index in [2.05, 4.69) is 15.0 Å². The molecule has 1 N–H and O–H groups in total. The number of hydrogen-bond acceptors (Lipinski definition) is 4. The molecule has 1 aliphatic rings. The van der Waals surface area contributed by atoms with Gasteiger partial charge in [0.15, 0.2) is 0 Å². The van der Waals surface area contributed by atoms with E-state index in [1.165, 1.54) is 4.68 Å². The van der Waals surface area contributed by atoms with Gasteiger partial charge in [0.25, 0.3) is 5.56 Å². The quantitative estimate of drug-likeness (QED) is 0.626. The standard InChI is InChI=1S/C22H25ClN4O3/c1-13-11-26(17-6-7-17)18-10-24-27(22(29)21(13)18)12-20(28)25-14(2)8-15-4-5-16(23)9-19(15)30-3/h4-5,9-11,14,17H,6-8,12H2,1-3H3,(H,25,28)/t14-/m0/s1. The number of amides is 1. The minimum atomic E-state index is -0.261. The number of hydrogen-bond donors (Lipinski definition) is 1. The van der Waals surface area contributed by atoms with E-state index in [4.69, 9.17) is 16.3 Å². The molecule has 1 aliphatic carbocycles. The molecule has 2 heterocycles. The number of carbonyl (C=O) groups excluding carboxylic acids is 1. The summed E-state index contributed by atoms with van der Waals surface area (Å²) in [6.45, 7) is 3.71. The SMILES string of the molecule is COc1cc(Cl)ccc1C[C@H](C)NC(=O)Cn1ncc2c(c(C)cn2C2CC2)c1=O. The second-order valence-corrected chi connectivity index (χ2v) is 8.38. The number of nitrogens with zero attached hydrogens (tertiary/aromatic N) is 3. The second-order valence-electron chi connectivity index (χ2n) is 7.95. The number of halogens is 1. The van der Waals surface area contributed by atoms with Crippen LogP contribution in [0.25, 0.3) is 10.9 Å². The number of fused-ring (bicyclic) bond motifs is 1. The van der Waals surface area contributed by atoms with Crippen molar-refractivity contribution in [3.05, 3.63) is 57.1 Å². The van der Waals surface area contributed by atoms with Crippen LogP contribution in [-0.2, 0) is 17.8 Å². The molecule has 3 aromatic rings. The van der Waals surface area contributed by atoms with Crippen molar-refractivity contribution >= 4 is 28.4 Å². The first-order chi connectivity index (χ1) is 14.4. The van der Waals surface area contributed by atoms with Gasteiger partial charge in [-0.2, -0.15) is 5.10 Å². The summed E-state index contributed by atoms with van der Waals surface area (Å²) in [6, 6.07) is 5.75. The average Bonchev–Trinajstić information content (AvgIpc) is 3.48.